The van der Waals surface area contributed by atoms with E-state index in [2.05, 4.69) is 97.7 Å². The van der Waals surface area contributed by atoms with Crippen LogP contribution < -0.4 is 10.6 Å². The van der Waals surface area contributed by atoms with Gasteiger partial charge in [-0.15, -0.1) is 10.2 Å². The van der Waals surface area contributed by atoms with Gasteiger partial charge in [0, 0.05) is 61.3 Å². The molecule has 8 aromatic rings. The lowest BCUT2D eigenvalue weighted by Crippen LogP contribution is -2.24. The van der Waals surface area contributed by atoms with Crippen LogP contribution >= 0.6 is 0 Å². The largest absolute Gasteiger partial charge is 0.379 e. The Hall–Kier alpha value is -7.11. The minimum absolute atomic E-state index is 0.116. The number of anilines is 4. The maximum Gasteiger partial charge on any atom is 0.154 e. The molecule has 0 amide bonds. The first-order chi connectivity index (χ1) is 30.5. The van der Waals surface area contributed by atoms with Crippen molar-refractivity contribution in [1.82, 2.24) is 59.9 Å². The number of ether oxygens (including phenoxy) is 2. The number of fused-ring (bicyclic) bond motifs is 2. The predicted octanol–water partition coefficient (Wildman–Crippen LogP) is 8.19. The molecule has 0 aromatic carbocycles. The Morgan fingerprint density at radius 2 is 1.06 bits per heavy atom. The van der Waals surface area contributed by atoms with Crippen molar-refractivity contribution in [3.05, 3.63) is 109 Å². The molecule has 17 nitrogen and oxygen atoms in total. The number of hydrogen-bond acceptors (Lipinski definition) is 15. The Morgan fingerprint density at radius 3 is 1.49 bits per heavy atom. The van der Waals surface area contributed by atoms with Gasteiger partial charge in [-0.3, -0.25) is 19.3 Å². The second-order valence-electron chi connectivity index (χ2n) is 16.1. The number of carbonyl (C=O) groups is 1. The van der Waals surface area contributed by atoms with Crippen molar-refractivity contribution >= 4 is 51.6 Å². The summed E-state index contributed by atoms with van der Waals surface area (Å²) in [6.07, 6.45) is 15.0. The first-order valence-electron chi connectivity index (χ1n) is 20.8. The summed E-state index contributed by atoms with van der Waals surface area (Å²) in [7, 11) is 3.24. The summed E-state index contributed by atoms with van der Waals surface area (Å²) < 4.78 is 14.3. The molecule has 8 aromatic heterocycles. The summed E-state index contributed by atoms with van der Waals surface area (Å²) in [6.45, 7) is 13.8. The summed E-state index contributed by atoms with van der Waals surface area (Å²) in [5.41, 5.74) is 9.09. The minimum atomic E-state index is -0.532. The second-order valence-corrected chi connectivity index (χ2v) is 16.1. The van der Waals surface area contributed by atoms with E-state index in [1.807, 2.05) is 78.0 Å². The Balaban J connectivity index is 0.000000189. The Kier molecular flexibility index (Phi) is 14.1. The molecular formula is C46H52N14O3. The van der Waals surface area contributed by atoms with Gasteiger partial charge in [-0.05, 0) is 77.4 Å². The van der Waals surface area contributed by atoms with Gasteiger partial charge < -0.3 is 24.9 Å². The van der Waals surface area contributed by atoms with Gasteiger partial charge in [-0.2, -0.15) is 20.4 Å². The number of nitrogens with zero attached hydrogens (tertiary/aromatic N) is 12. The Morgan fingerprint density at radius 1 is 0.571 bits per heavy atom. The van der Waals surface area contributed by atoms with Gasteiger partial charge >= 0.3 is 0 Å². The summed E-state index contributed by atoms with van der Waals surface area (Å²) in [5, 5.41) is 31.7. The van der Waals surface area contributed by atoms with Crippen LogP contribution in [0, 0.1) is 5.92 Å². The zero-order chi connectivity index (χ0) is 44.5. The molecule has 0 aliphatic carbocycles. The van der Waals surface area contributed by atoms with Crippen LogP contribution in [0.1, 0.15) is 64.5 Å². The van der Waals surface area contributed by atoms with Crippen LogP contribution in [-0.2, 0) is 27.4 Å². The third kappa shape index (κ3) is 11.2. The molecule has 17 heteroatoms. The third-order valence-corrected chi connectivity index (χ3v) is 10.4. The monoisotopic (exact) mass is 848 g/mol. The fourth-order valence-electron chi connectivity index (χ4n) is 6.57. The minimum Gasteiger partial charge on any atom is -0.379 e. The number of aromatic nitrogens is 12. The number of hydrogen-bond donors (Lipinski definition) is 2. The molecule has 0 aliphatic rings. The predicted molar refractivity (Wildman–Crippen MR) is 243 cm³/mol. The normalized spacial score (nSPS) is 12.4. The zero-order valence-electron chi connectivity index (χ0n) is 36.7. The molecule has 2 N–H and O–H groups in total. The molecule has 0 radical (unpaired) electrons. The average molecular weight is 849 g/mol. The lowest BCUT2D eigenvalue weighted by molar-refractivity contribution is -0.117. The van der Waals surface area contributed by atoms with Crippen molar-refractivity contribution in [3.63, 3.8) is 0 Å². The molecule has 2 unspecified atom stereocenters. The van der Waals surface area contributed by atoms with E-state index in [1.165, 1.54) is 7.11 Å². The van der Waals surface area contributed by atoms with Crippen LogP contribution in [0.3, 0.4) is 0 Å². The Bertz CT molecular complexity index is 2790. The van der Waals surface area contributed by atoms with E-state index in [9.17, 15) is 4.79 Å². The van der Waals surface area contributed by atoms with Crippen LogP contribution in [0.4, 0.5) is 23.3 Å². The van der Waals surface area contributed by atoms with Gasteiger partial charge in [0.25, 0.3) is 0 Å². The molecule has 2 atom stereocenters. The summed E-state index contributed by atoms with van der Waals surface area (Å²) >= 11 is 0. The quantitative estimate of drug-likeness (QED) is 0.0882. The van der Waals surface area contributed by atoms with E-state index >= 15 is 0 Å². The van der Waals surface area contributed by atoms with Gasteiger partial charge in [0.1, 0.15) is 17.7 Å². The van der Waals surface area contributed by atoms with Crippen LogP contribution in [0.2, 0.25) is 0 Å². The molecule has 0 fully saturated rings. The first kappa shape index (κ1) is 44.0. The number of nitrogens with one attached hydrogen (secondary N) is 2. The number of aldehydes is 1. The van der Waals surface area contributed by atoms with Crippen LogP contribution in [0.25, 0.3) is 44.3 Å². The highest BCUT2D eigenvalue weighted by molar-refractivity contribution is 5.83. The summed E-state index contributed by atoms with van der Waals surface area (Å²) in [6, 6.07) is 15.6. The molecule has 0 saturated carbocycles. The SMILES string of the molecule is COC(C=O)Cn1cc(-c2cnc3ccc(Nc4cc(C(C)C)cnn4)nc3c2)cn1.COC(Cn1cc(-c2cnc3ccc(Nc4cc(C(C)C)cnn4)nc3c2)cn1)C(C)C. The van der Waals surface area contributed by atoms with E-state index in [1.54, 1.807) is 36.6 Å². The van der Waals surface area contributed by atoms with E-state index in [0.29, 0.717) is 54.1 Å². The highest BCUT2D eigenvalue weighted by atomic mass is 16.5. The fraction of sp³-hybridized carbons (Fsp3) is 0.326. The van der Waals surface area contributed by atoms with Gasteiger partial charge in [-0.1, -0.05) is 41.5 Å². The highest BCUT2D eigenvalue weighted by Crippen LogP contribution is 2.26. The van der Waals surface area contributed by atoms with Crippen LogP contribution in [0.15, 0.2) is 98.1 Å². The van der Waals surface area contributed by atoms with Crippen LogP contribution in [-0.4, -0.2) is 92.6 Å². The highest BCUT2D eigenvalue weighted by Gasteiger charge is 2.15. The van der Waals surface area contributed by atoms with E-state index in [4.69, 9.17) is 14.5 Å². The molecule has 324 valence electrons. The van der Waals surface area contributed by atoms with E-state index in [0.717, 1.165) is 61.7 Å². The number of methoxy groups -OCH3 is 2. The molecule has 0 saturated heterocycles. The van der Waals surface area contributed by atoms with Gasteiger partial charge in [0.05, 0.1) is 66.0 Å². The van der Waals surface area contributed by atoms with Crippen molar-refractivity contribution < 1.29 is 14.3 Å². The average Bonchev–Trinajstić information content (AvgIpc) is 3.97. The van der Waals surface area contributed by atoms with Crippen molar-refractivity contribution in [2.45, 2.75) is 78.7 Å². The molecular weight excluding hydrogens is 797 g/mol. The lowest BCUT2D eigenvalue weighted by Gasteiger charge is -2.18. The van der Waals surface area contributed by atoms with E-state index < -0.39 is 6.10 Å². The van der Waals surface area contributed by atoms with Crippen molar-refractivity contribution in [3.8, 4) is 22.3 Å². The zero-order valence-corrected chi connectivity index (χ0v) is 36.7. The maximum atomic E-state index is 11.0. The molecule has 63 heavy (non-hydrogen) atoms. The van der Waals surface area contributed by atoms with Gasteiger partial charge in [-0.25, -0.2) is 9.97 Å². The molecule has 8 rings (SSSR count). The maximum absolute atomic E-state index is 11.0. The number of carbonyl (C=O) groups excluding carboxylic acids is 1. The van der Waals surface area contributed by atoms with Crippen molar-refractivity contribution in [2.75, 3.05) is 24.9 Å². The smallest absolute Gasteiger partial charge is 0.154 e. The topological polar surface area (TPSA) is 198 Å². The molecule has 0 aliphatic heterocycles. The fourth-order valence-corrected chi connectivity index (χ4v) is 6.57. The van der Waals surface area contributed by atoms with E-state index in [-0.39, 0.29) is 6.10 Å². The lowest BCUT2D eigenvalue weighted by atomic mass is 10.1. The van der Waals surface area contributed by atoms with Gasteiger partial charge in [0.2, 0.25) is 0 Å². The van der Waals surface area contributed by atoms with Crippen LogP contribution in [0.5, 0.6) is 0 Å². The first-order valence-corrected chi connectivity index (χ1v) is 20.8. The van der Waals surface area contributed by atoms with Crippen molar-refractivity contribution in [1.29, 1.82) is 0 Å². The molecule has 0 spiro atoms. The van der Waals surface area contributed by atoms with Gasteiger partial charge in [0.15, 0.2) is 17.9 Å². The number of pyridine rings is 4. The molecule has 8 heterocycles. The number of rotatable bonds is 16. The summed E-state index contributed by atoms with van der Waals surface area (Å²) in [4.78, 5) is 29.5. The second kappa shape index (κ2) is 20.2. The van der Waals surface area contributed by atoms with Crippen molar-refractivity contribution in [2.24, 2.45) is 5.92 Å². The molecule has 0 bridgehead atoms. The third-order valence-electron chi connectivity index (χ3n) is 10.4. The standard InChI is InChI=1S/C24H29N7O.C22H23N7O2/c1-15(2)17-9-24(30-26-11-17)29-23-7-6-20-21(28-23)8-18(10-25-20)19-12-27-31(13-19)14-22(32-5)16(3)4;1-14(2)15-7-22(28-24-9-15)27-21-5-4-19-20(26-21)6-16(8-23-19)17-10-25-29(11-17)12-18(13-30)31-3/h6-13,15-16,22H,14H2,1-5H3,(H,28,29,30);4-11,13-14,18H,12H2,1-3H3,(H,26,27,28). The summed E-state index contributed by atoms with van der Waals surface area (Å²) in [5.74, 6) is 3.82. The Labute approximate surface area is 365 Å².